The number of carbonyl (C=O) groups excluding carboxylic acids is 1. The van der Waals surface area contributed by atoms with Crippen molar-refractivity contribution in [2.75, 3.05) is 6.54 Å². The summed E-state index contributed by atoms with van der Waals surface area (Å²) in [5.74, 6) is -0.557. The number of carboxylic acid groups (broad SMARTS) is 1. The first-order valence-corrected chi connectivity index (χ1v) is 8.29. The molecule has 0 saturated carbocycles. The van der Waals surface area contributed by atoms with Crippen LogP contribution in [-0.2, 0) is 16.0 Å². The molecule has 1 saturated heterocycles. The molecule has 2 heterocycles. The van der Waals surface area contributed by atoms with Crippen LogP contribution >= 0.6 is 0 Å². The number of furan rings is 1. The second-order valence-corrected chi connectivity index (χ2v) is 6.47. The zero-order valence-corrected chi connectivity index (χ0v) is 14.0. The van der Waals surface area contributed by atoms with E-state index in [0.29, 0.717) is 42.9 Å². The van der Waals surface area contributed by atoms with Crippen LogP contribution in [0.5, 0.6) is 0 Å². The summed E-state index contributed by atoms with van der Waals surface area (Å²) in [5, 5.41) is 9.38. The number of rotatable bonds is 5. The van der Waals surface area contributed by atoms with Crippen LogP contribution in [0.25, 0.3) is 11.3 Å². The van der Waals surface area contributed by atoms with Crippen molar-refractivity contribution in [2.24, 2.45) is 0 Å². The van der Waals surface area contributed by atoms with Gasteiger partial charge in [0, 0.05) is 19.4 Å². The standard InChI is InChI=1S/C19H20FNO4/c1-19(18(23)24)11-4-12-21(19)17(22)10-8-13-7-9-16(25-13)14-5-2-3-6-15(14)20/h2-3,5-7,9H,4,8,10-12H2,1H3,(H,23,24). The minimum Gasteiger partial charge on any atom is -0.480 e. The van der Waals surface area contributed by atoms with E-state index in [1.165, 1.54) is 11.0 Å². The highest BCUT2D eigenvalue weighted by Crippen LogP contribution is 2.30. The van der Waals surface area contributed by atoms with Crippen molar-refractivity contribution in [1.82, 2.24) is 4.90 Å². The summed E-state index contributed by atoms with van der Waals surface area (Å²) >= 11 is 0. The number of nitrogens with zero attached hydrogens (tertiary/aromatic N) is 1. The Labute approximate surface area is 145 Å². The van der Waals surface area contributed by atoms with Crippen LogP contribution in [0.3, 0.4) is 0 Å². The number of benzene rings is 1. The quantitative estimate of drug-likeness (QED) is 0.900. The number of likely N-dealkylation sites (tertiary alicyclic amines) is 1. The minimum atomic E-state index is -1.13. The number of amides is 1. The average molecular weight is 345 g/mol. The molecule has 1 aliphatic rings. The molecular weight excluding hydrogens is 325 g/mol. The molecule has 1 amide bonds. The van der Waals surface area contributed by atoms with Gasteiger partial charge in [-0.15, -0.1) is 0 Å². The van der Waals surface area contributed by atoms with E-state index >= 15 is 0 Å². The number of aryl methyl sites for hydroxylation is 1. The maximum atomic E-state index is 13.8. The molecule has 132 valence electrons. The third-order valence-corrected chi connectivity index (χ3v) is 4.79. The van der Waals surface area contributed by atoms with Crippen LogP contribution in [0, 0.1) is 5.82 Å². The Balaban J connectivity index is 1.66. The highest BCUT2D eigenvalue weighted by atomic mass is 19.1. The lowest BCUT2D eigenvalue weighted by molar-refractivity contribution is -0.155. The first kappa shape index (κ1) is 17.2. The Morgan fingerprint density at radius 3 is 2.76 bits per heavy atom. The van der Waals surface area contributed by atoms with Gasteiger partial charge in [-0.05, 0) is 44.0 Å². The summed E-state index contributed by atoms with van der Waals surface area (Å²) in [4.78, 5) is 25.3. The van der Waals surface area contributed by atoms with Crippen LogP contribution in [0.1, 0.15) is 31.9 Å². The molecule has 1 aliphatic heterocycles. The maximum absolute atomic E-state index is 13.8. The molecule has 1 N–H and O–H groups in total. The molecule has 1 fully saturated rings. The van der Waals surface area contributed by atoms with Gasteiger partial charge >= 0.3 is 5.97 Å². The van der Waals surface area contributed by atoms with Gasteiger partial charge in [0.1, 0.15) is 22.9 Å². The maximum Gasteiger partial charge on any atom is 0.329 e. The van der Waals surface area contributed by atoms with E-state index in [0.717, 1.165) is 0 Å². The van der Waals surface area contributed by atoms with Crippen molar-refractivity contribution < 1.29 is 23.5 Å². The van der Waals surface area contributed by atoms with Gasteiger partial charge in [0.25, 0.3) is 0 Å². The van der Waals surface area contributed by atoms with Gasteiger partial charge in [-0.2, -0.15) is 0 Å². The predicted molar refractivity (Wildman–Crippen MR) is 89.4 cm³/mol. The number of hydrogen-bond donors (Lipinski definition) is 1. The molecule has 5 nitrogen and oxygen atoms in total. The number of carboxylic acids is 1. The zero-order valence-electron chi connectivity index (χ0n) is 14.0. The summed E-state index contributed by atoms with van der Waals surface area (Å²) in [6, 6.07) is 9.72. The molecule has 0 spiro atoms. The number of aliphatic carboxylic acids is 1. The van der Waals surface area contributed by atoms with Crippen LogP contribution in [0.15, 0.2) is 40.8 Å². The molecule has 1 aromatic heterocycles. The summed E-state index contributed by atoms with van der Waals surface area (Å²) in [6.07, 6.45) is 1.66. The van der Waals surface area contributed by atoms with Crippen molar-refractivity contribution in [3.05, 3.63) is 48.0 Å². The third kappa shape index (κ3) is 3.29. The van der Waals surface area contributed by atoms with Crippen molar-refractivity contribution in [3.8, 4) is 11.3 Å². The monoisotopic (exact) mass is 345 g/mol. The highest BCUT2D eigenvalue weighted by molar-refractivity contribution is 5.87. The molecule has 2 aromatic rings. The van der Waals surface area contributed by atoms with E-state index in [-0.39, 0.29) is 18.1 Å². The Morgan fingerprint density at radius 2 is 2.04 bits per heavy atom. The number of carbonyl (C=O) groups is 2. The van der Waals surface area contributed by atoms with Crippen molar-refractivity contribution in [3.63, 3.8) is 0 Å². The van der Waals surface area contributed by atoms with Crippen LogP contribution in [0.4, 0.5) is 4.39 Å². The summed E-state index contributed by atoms with van der Waals surface area (Å²) in [7, 11) is 0. The smallest absolute Gasteiger partial charge is 0.329 e. The van der Waals surface area contributed by atoms with Crippen molar-refractivity contribution in [2.45, 2.75) is 38.1 Å². The van der Waals surface area contributed by atoms with Gasteiger partial charge in [0.05, 0.1) is 5.56 Å². The van der Waals surface area contributed by atoms with Crippen molar-refractivity contribution in [1.29, 1.82) is 0 Å². The van der Waals surface area contributed by atoms with Crippen LogP contribution in [-0.4, -0.2) is 34.0 Å². The second-order valence-electron chi connectivity index (χ2n) is 6.47. The average Bonchev–Trinajstić information content (AvgIpc) is 3.20. The molecule has 0 radical (unpaired) electrons. The topological polar surface area (TPSA) is 70.8 Å². The van der Waals surface area contributed by atoms with Gasteiger partial charge in [0.15, 0.2) is 0 Å². The number of hydrogen-bond acceptors (Lipinski definition) is 3. The molecule has 0 bridgehead atoms. The molecule has 1 aromatic carbocycles. The summed E-state index contributed by atoms with van der Waals surface area (Å²) in [5.41, 5.74) is -0.753. The molecule has 6 heteroatoms. The third-order valence-electron chi connectivity index (χ3n) is 4.79. The Morgan fingerprint density at radius 1 is 1.28 bits per heavy atom. The molecule has 3 rings (SSSR count). The molecule has 0 aliphatic carbocycles. The fourth-order valence-electron chi connectivity index (χ4n) is 3.27. The normalized spacial score (nSPS) is 20.0. The molecular formula is C19H20FNO4. The fraction of sp³-hybridized carbons (Fsp3) is 0.368. The lowest BCUT2D eigenvalue weighted by Crippen LogP contribution is -2.50. The van der Waals surface area contributed by atoms with Gasteiger partial charge < -0.3 is 14.4 Å². The van der Waals surface area contributed by atoms with E-state index in [4.69, 9.17) is 4.42 Å². The fourth-order valence-corrected chi connectivity index (χ4v) is 3.27. The first-order chi connectivity index (χ1) is 11.9. The van der Waals surface area contributed by atoms with Crippen LogP contribution < -0.4 is 0 Å². The van der Waals surface area contributed by atoms with Crippen LogP contribution in [0.2, 0.25) is 0 Å². The van der Waals surface area contributed by atoms with Gasteiger partial charge in [-0.3, -0.25) is 4.79 Å². The predicted octanol–water partition coefficient (Wildman–Crippen LogP) is 3.48. The molecule has 1 atom stereocenters. The van der Waals surface area contributed by atoms with Gasteiger partial charge in [-0.25, -0.2) is 9.18 Å². The second kappa shape index (κ2) is 6.70. The minimum absolute atomic E-state index is 0.160. The van der Waals surface area contributed by atoms with Crippen molar-refractivity contribution >= 4 is 11.9 Å². The highest BCUT2D eigenvalue weighted by Gasteiger charge is 2.45. The molecule has 1 unspecified atom stereocenters. The number of halogens is 1. The summed E-state index contributed by atoms with van der Waals surface area (Å²) in [6.45, 7) is 2.05. The lowest BCUT2D eigenvalue weighted by atomic mass is 9.99. The Hall–Kier alpha value is -2.63. The van der Waals surface area contributed by atoms with E-state index in [1.807, 2.05) is 0 Å². The van der Waals surface area contributed by atoms with Gasteiger partial charge in [-0.1, -0.05) is 12.1 Å². The first-order valence-electron chi connectivity index (χ1n) is 8.29. The van der Waals surface area contributed by atoms with Gasteiger partial charge in [0.2, 0.25) is 5.91 Å². The Kier molecular flexibility index (Phi) is 4.61. The Bertz CT molecular complexity index is 800. The summed E-state index contributed by atoms with van der Waals surface area (Å²) < 4.78 is 19.4. The van der Waals surface area contributed by atoms with E-state index in [9.17, 15) is 19.1 Å². The molecule has 25 heavy (non-hydrogen) atoms. The SMILES string of the molecule is CC1(C(=O)O)CCCN1C(=O)CCc1ccc(-c2ccccc2F)o1. The lowest BCUT2D eigenvalue weighted by Gasteiger charge is -2.31. The van der Waals surface area contributed by atoms with E-state index < -0.39 is 11.5 Å². The van der Waals surface area contributed by atoms with E-state index in [2.05, 4.69) is 0 Å². The van der Waals surface area contributed by atoms with E-state index in [1.54, 1.807) is 37.3 Å². The largest absolute Gasteiger partial charge is 0.480 e. The zero-order chi connectivity index (χ0) is 18.0.